The fourth-order valence-corrected chi connectivity index (χ4v) is 7.07. The van der Waals surface area contributed by atoms with Crippen molar-refractivity contribution in [2.45, 2.75) is 43.1 Å². The summed E-state index contributed by atoms with van der Waals surface area (Å²) in [6.07, 6.45) is -9.46. The van der Waals surface area contributed by atoms with Crippen molar-refractivity contribution in [3.05, 3.63) is 157 Å². The Labute approximate surface area is 317 Å². The zero-order chi connectivity index (χ0) is 40.8. The third-order valence-corrected chi connectivity index (χ3v) is 9.70. The number of ether oxygens (including phenoxy) is 2. The van der Waals surface area contributed by atoms with Crippen molar-refractivity contribution < 1.29 is 55.3 Å². The van der Waals surface area contributed by atoms with Gasteiger partial charge in [0.15, 0.2) is 0 Å². The van der Waals surface area contributed by atoms with Crippen molar-refractivity contribution in [3.63, 3.8) is 0 Å². The van der Waals surface area contributed by atoms with E-state index < -0.39 is 68.7 Å². The molecule has 2 aliphatic rings. The average molecular weight is 793 g/mol. The first kappa shape index (κ1) is 38.3. The maximum Gasteiger partial charge on any atom is 0.420 e. The van der Waals surface area contributed by atoms with Crippen LogP contribution < -0.4 is 20.1 Å². The van der Waals surface area contributed by atoms with Crippen molar-refractivity contribution in [1.29, 1.82) is 0 Å². The first-order chi connectivity index (χ1) is 27.0. The molecule has 7 rings (SSSR count). The molecule has 0 spiro atoms. The van der Waals surface area contributed by atoms with Crippen LogP contribution in [0.2, 0.25) is 0 Å². The van der Waals surface area contributed by atoms with Gasteiger partial charge in [-0.3, -0.25) is 29.8 Å². The molecule has 0 saturated heterocycles. The van der Waals surface area contributed by atoms with Gasteiger partial charge < -0.3 is 20.1 Å². The van der Waals surface area contributed by atoms with Gasteiger partial charge in [0.2, 0.25) is 0 Å². The highest BCUT2D eigenvalue weighted by Gasteiger charge is 2.49. The molecule has 2 aliphatic carbocycles. The summed E-state index contributed by atoms with van der Waals surface area (Å²) in [4.78, 5) is 45.8. The predicted octanol–water partition coefficient (Wildman–Crippen LogP) is 10.3. The minimum Gasteiger partial charge on any atom is -0.489 e. The number of amides is 2. The number of fused-ring (bicyclic) bond motifs is 5. The van der Waals surface area contributed by atoms with Gasteiger partial charge in [-0.15, -0.1) is 0 Å². The number of carbonyl (C=O) groups excluding carboxylic acids is 2. The minimum atomic E-state index is -4.92. The summed E-state index contributed by atoms with van der Waals surface area (Å²) in [5, 5.41) is 26.5. The number of non-ortho nitro benzene ring substituents is 2. The lowest BCUT2D eigenvalue weighted by Gasteiger charge is -2.22. The molecule has 1 saturated carbocycles. The second-order valence-electron chi connectivity index (χ2n) is 13.2. The van der Waals surface area contributed by atoms with Gasteiger partial charge in [-0.25, -0.2) is 0 Å². The summed E-state index contributed by atoms with van der Waals surface area (Å²) < 4.78 is 97.5. The van der Waals surface area contributed by atoms with Crippen molar-refractivity contribution in [2.75, 3.05) is 10.6 Å². The smallest absolute Gasteiger partial charge is 0.420 e. The van der Waals surface area contributed by atoms with Gasteiger partial charge in [0.25, 0.3) is 23.2 Å². The number of rotatable bonds is 10. The molecule has 57 heavy (non-hydrogen) atoms. The number of carbonyl (C=O) groups is 2. The number of nitro groups is 2. The molecule has 0 heterocycles. The summed E-state index contributed by atoms with van der Waals surface area (Å²) in [6.45, 7) is 0. The number of benzene rings is 5. The number of anilines is 2. The molecule has 292 valence electrons. The minimum absolute atomic E-state index is 0.0184. The van der Waals surface area contributed by atoms with E-state index >= 15 is 0 Å². The monoisotopic (exact) mass is 792 g/mol. The lowest BCUT2D eigenvalue weighted by molar-refractivity contribution is -0.385. The largest absolute Gasteiger partial charge is 0.489 e. The van der Waals surface area contributed by atoms with Crippen LogP contribution in [0.4, 0.5) is 49.1 Å². The lowest BCUT2D eigenvalue weighted by atomic mass is 9.92. The molecule has 2 amide bonds. The Morgan fingerprint density at radius 3 is 1.53 bits per heavy atom. The molecular weight excluding hydrogens is 766 g/mol. The Morgan fingerprint density at radius 2 is 1.05 bits per heavy atom. The van der Waals surface area contributed by atoms with E-state index in [-0.39, 0.29) is 45.5 Å². The van der Waals surface area contributed by atoms with E-state index in [0.717, 1.165) is 60.2 Å². The highest BCUT2D eigenvalue weighted by molar-refractivity contribution is 6.05. The van der Waals surface area contributed by atoms with E-state index in [0.29, 0.717) is 24.5 Å². The first-order valence-electron chi connectivity index (χ1n) is 17.0. The van der Waals surface area contributed by atoms with Crippen LogP contribution in [0.15, 0.2) is 103 Å². The highest BCUT2D eigenvalue weighted by atomic mass is 19.4. The van der Waals surface area contributed by atoms with Crippen LogP contribution in [0.5, 0.6) is 17.2 Å². The van der Waals surface area contributed by atoms with Crippen LogP contribution in [0.25, 0.3) is 0 Å². The first-order valence-corrected chi connectivity index (χ1v) is 17.0. The van der Waals surface area contributed by atoms with Crippen molar-refractivity contribution >= 4 is 34.6 Å². The Morgan fingerprint density at radius 1 is 0.596 bits per heavy atom. The summed E-state index contributed by atoms with van der Waals surface area (Å²) in [5.74, 6) is -3.39. The molecule has 1 fully saturated rings. The molecule has 0 aromatic heterocycles. The van der Waals surface area contributed by atoms with Gasteiger partial charge >= 0.3 is 12.4 Å². The number of nitrogens with zero attached hydrogens (tertiary/aromatic N) is 2. The SMILES string of the molecule is O=C(Nc1ccc(Oc2ccc3c(c2)C2CCC3C2Oc2ccc(NC(=O)c3ccc([N+](=O)[O-])cc3)cc2C(F)(F)F)c(C(F)(F)F)c1)c1ccc([N+](=O)[O-])cc1. The van der Waals surface area contributed by atoms with Crippen molar-refractivity contribution in [1.82, 2.24) is 0 Å². The molecule has 18 heteroatoms. The maximum atomic E-state index is 14.3. The lowest BCUT2D eigenvalue weighted by Crippen LogP contribution is -2.22. The van der Waals surface area contributed by atoms with Gasteiger partial charge in [0.1, 0.15) is 28.9 Å². The maximum absolute atomic E-state index is 14.3. The quantitative estimate of drug-likeness (QED) is 0.0802. The molecule has 12 nitrogen and oxygen atoms in total. The zero-order valence-electron chi connectivity index (χ0n) is 28.9. The second-order valence-corrected chi connectivity index (χ2v) is 13.2. The van der Waals surface area contributed by atoms with Crippen LogP contribution in [0.1, 0.15) is 67.6 Å². The number of nitro benzene ring substituents is 2. The van der Waals surface area contributed by atoms with Crippen LogP contribution in [0.3, 0.4) is 0 Å². The fraction of sp³-hybridized carbons (Fsp3) is 0.179. The van der Waals surface area contributed by atoms with Gasteiger partial charge in [-0.2, -0.15) is 26.3 Å². The van der Waals surface area contributed by atoms with E-state index in [4.69, 9.17) is 9.47 Å². The normalized spacial score (nSPS) is 17.1. The highest BCUT2D eigenvalue weighted by Crippen LogP contribution is 2.56. The van der Waals surface area contributed by atoms with Crippen molar-refractivity contribution in [2.24, 2.45) is 0 Å². The number of nitrogens with one attached hydrogen (secondary N) is 2. The standard InChI is InChI=1S/C39H26F6N4O8/c40-38(41,42)31-17-22(46-36(50)20-1-7-24(8-2-20)48(52)53)5-15-33(31)56-26-11-12-27-28-13-14-29(30(27)19-26)35(28)57-34-16-6-23(18-32(34)39(43,44)45)47-37(51)21-3-9-25(10-4-21)49(54)55/h1-12,15-19,28-29,35H,13-14H2,(H,46,50)(H,47,51). The Balaban J connectivity index is 1.08. The van der Waals surface area contributed by atoms with E-state index in [1.54, 1.807) is 6.07 Å². The number of halogens is 6. The average Bonchev–Trinajstić information content (AvgIpc) is 3.70. The van der Waals surface area contributed by atoms with Gasteiger partial charge in [-0.05, 0) is 96.8 Å². The van der Waals surface area contributed by atoms with Crippen LogP contribution >= 0.6 is 0 Å². The summed E-state index contributed by atoms with van der Waals surface area (Å²) >= 11 is 0. The van der Waals surface area contributed by atoms with Crippen LogP contribution in [-0.4, -0.2) is 27.8 Å². The zero-order valence-corrected chi connectivity index (χ0v) is 28.9. The second kappa shape index (κ2) is 14.6. The molecule has 0 radical (unpaired) electrons. The van der Waals surface area contributed by atoms with E-state index in [2.05, 4.69) is 10.6 Å². The molecule has 3 atom stereocenters. The van der Waals surface area contributed by atoms with E-state index in [1.807, 2.05) is 0 Å². The molecule has 2 bridgehead atoms. The van der Waals surface area contributed by atoms with Crippen LogP contribution in [-0.2, 0) is 12.4 Å². The molecule has 3 unspecified atom stereocenters. The Hall–Kier alpha value is -6.98. The third kappa shape index (κ3) is 7.91. The number of alkyl halides is 6. The summed E-state index contributed by atoms with van der Waals surface area (Å²) in [5.41, 5.74) is -1.97. The molecule has 5 aromatic rings. The molecule has 2 N–H and O–H groups in total. The van der Waals surface area contributed by atoms with Gasteiger partial charge in [0.05, 0.1) is 15.4 Å². The summed E-state index contributed by atoms with van der Waals surface area (Å²) in [6, 6.07) is 19.5. The Bertz CT molecular complexity index is 2420. The Kier molecular flexibility index (Phi) is 9.80. The molecular formula is C39H26F6N4O8. The van der Waals surface area contributed by atoms with E-state index in [9.17, 15) is 56.2 Å². The van der Waals surface area contributed by atoms with Crippen LogP contribution in [0, 0.1) is 20.2 Å². The topological polar surface area (TPSA) is 163 Å². The molecule has 5 aromatic carbocycles. The van der Waals surface area contributed by atoms with Gasteiger partial charge in [-0.1, -0.05) is 6.07 Å². The van der Waals surface area contributed by atoms with Gasteiger partial charge in [0, 0.05) is 58.6 Å². The summed E-state index contributed by atoms with van der Waals surface area (Å²) in [7, 11) is 0. The number of hydrogen-bond acceptors (Lipinski definition) is 8. The fourth-order valence-electron chi connectivity index (χ4n) is 7.07. The number of hydrogen-bond donors (Lipinski definition) is 2. The predicted molar refractivity (Wildman–Crippen MR) is 191 cm³/mol. The van der Waals surface area contributed by atoms with E-state index in [1.165, 1.54) is 36.4 Å². The third-order valence-electron chi connectivity index (χ3n) is 9.70. The van der Waals surface area contributed by atoms with Crippen molar-refractivity contribution in [3.8, 4) is 17.2 Å². The molecule has 0 aliphatic heterocycles.